The number of amides is 1. The van der Waals surface area contributed by atoms with Gasteiger partial charge in [0.1, 0.15) is 5.82 Å². The van der Waals surface area contributed by atoms with E-state index in [0.717, 1.165) is 17.7 Å². The minimum atomic E-state index is -4.47. The van der Waals surface area contributed by atoms with Crippen LogP contribution in [0.1, 0.15) is 29.5 Å². The van der Waals surface area contributed by atoms with Gasteiger partial charge < -0.3 is 14.7 Å². The zero-order valence-corrected chi connectivity index (χ0v) is 18.6. The van der Waals surface area contributed by atoms with Crippen molar-refractivity contribution < 1.29 is 32.2 Å². The fourth-order valence-electron chi connectivity index (χ4n) is 4.58. The normalized spacial score (nSPS) is 16.2. The molecule has 10 heteroatoms. The average molecular weight is 479 g/mol. The Balaban J connectivity index is 1.50. The van der Waals surface area contributed by atoms with Crippen LogP contribution in [0, 0.1) is 5.82 Å². The first kappa shape index (κ1) is 24.0. The van der Waals surface area contributed by atoms with Gasteiger partial charge in [-0.05, 0) is 54.7 Å². The lowest BCUT2D eigenvalue weighted by Crippen LogP contribution is -2.47. The number of nitrogens with zero attached hydrogens (tertiary/aromatic N) is 3. The van der Waals surface area contributed by atoms with Gasteiger partial charge in [0.15, 0.2) is 0 Å². The standard InChI is InChI=1S/C24H25F4N3O3/c1-30-14-17-13-19(24(26,27)28)12-16(21(17)29-30)6-11-34-15-23(18-2-4-20(25)5-3-18)7-9-31(10-8-23)22(32)33/h2-5,12-14H,6-11,15H2,1H3,(H,32,33). The second kappa shape index (κ2) is 9.25. The molecule has 0 saturated carbocycles. The van der Waals surface area contributed by atoms with Gasteiger partial charge in [-0.2, -0.15) is 18.3 Å². The molecular formula is C24H25F4N3O3. The number of aromatic nitrogens is 2. The van der Waals surface area contributed by atoms with Gasteiger partial charge in [0.05, 0.1) is 24.3 Å². The van der Waals surface area contributed by atoms with Gasteiger partial charge in [0.25, 0.3) is 0 Å². The zero-order valence-electron chi connectivity index (χ0n) is 18.6. The summed E-state index contributed by atoms with van der Waals surface area (Å²) in [6.07, 6.45) is -2.67. The number of halogens is 4. The predicted molar refractivity (Wildman–Crippen MR) is 117 cm³/mol. The highest BCUT2D eigenvalue weighted by molar-refractivity contribution is 5.82. The lowest BCUT2D eigenvalue weighted by molar-refractivity contribution is -0.137. The molecule has 2 aromatic carbocycles. The summed E-state index contributed by atoms with van der Waals surface area (Å²) in [4.78, 5) is 12.7. The van der Waals surface area contributed by atoms with Crippen molar-refractivity contribution in [3.8, 4) is 0 Å². The predicted octanol–water partition coefficient (Wildman–Crippen LogP) is 5.00. The first-order valence-corrected chi connectivity index (χ1v) is 10.9. The van der Waals surface area contributed by atoms with E-state index in [0.29, 0.717) is 42.4 Å². The summed E-state index contributed by atoms with van der Waals surface area (Å²) >= 11 is 0. The summed E-state index contributed by atoms with van der Waals surface area (Å²) in [6, 6.07) is 8.28. The van der Waals surface area contributed by atoms with Crippen LogP contribution in [0.2, 0.25) is 0 Å². The summed E-state index contributed by atoms with van der Waals surface area (Å²) in [5.41, 5.74) is 0.564. The van der Waals surface area contributed by atoms with E-state index in [4.69, 9.17) is 4.74 Å². The minimum absolute atomic E-state index is 0.165. The number of hydrogen-bond donors (Lipinski definition) is 1. The van der Waals surface area contributed by atoms with Crippen molar-refractivity contribution in [1.82, 2.24) is 14.7 Å². The van der Waals surface area contributed by atoms with Gasteiger partial charge in [-0.15, -0.1) is 0 Å². The maximum absolute atomic E-state index is 13.5. The molecule has 1 aromatic heterocycles. The highest BCUT2D eigenvalue weighted by Crippen LogP contribution is 2.37. The Morgan fingerprint density at radius 2 is 1.85 bits per heavy atom. The Bertz CT molecular complexity index is 1170. The highest BCUT2D eigenvalue weighted by atomic mass is 19.4. The molecule has 182 valence electrons. The largest absolute Gasteiger partial charge is 0.465 e. The smallest absolute Gasteiger partial charge is 0.416 e. The fourth-order valence-corrected chi connectivity index (χ4v) is 4.58. The fraction of sp³-hybridized carbons (Fsp3) is 0.417. The van der Waals surface area contributed by atoms with Gasteiger partial charge >= 0.3 is 12.3 Å². The van der Waals surface area contributed by atoms with Crippen LogP contribution in [0.5, 0.6) is 0 Å². The first-order valence-electron chi connectivity index (χ1n) is 10.9. The molecule has 0 unspecified atom stereocenters. The van der Waals surface area contributed by atoms with E-state index in [2.05, 4.69) is 5.10 Å². The van der Waals surface area contributed by atoms with Crippen LogP contribution in [-0.2, 0) is 29.8 Å². The summed E-state index contributed by atoms with van der Waals surface area (Å²) in [7, 11) is 1.66. The molecule has 1 aliphatic heterocycles. The van der Waals surface area contributed by atoms with Crippen molar-refractivity contribution in [2.24, 2.45) is 7.05 Å². The molecule has 0 atom stereocenters. The van der Waals surface area contributed by atoms with Crippen LogP contribution in [0.4, 0.5) is 22.4 Å². The van der Waals surface area contributed by atoms with Gasteiger partial charge in [-0.25, -0.2) is 9.18 Å². The second-order valence-electron chi connectivity index (χ2n) is 8.73. The number of aryl methyl sites for hydroxylation is 1. The van der Waals surface area contributed by atoms with Crippen LogP contribution in [0.3, 0.4) is 0 Å². The van der Waals surface area contributed by atoms with Crippen molar-refractivity contribution in [2.75, 3.05) is 26.3 Å². The third kappa shape index (κ3) is 5.01. The van der Waals surface area contributed by atoms with Crippen molar-refractivity contribution in [3.63, 3.8) is 0 Å². The van der Waals surface area contributed by atoms with Crippen LogP contribution in [0.15, 0.2) is 42.6 Å². The summed E-state index contributed by atoms with van der Waals surface area (Å²) in [5.74, 6) is -0.369. The molecule has 6 nitrogen and oxygen atoms in total. The molecule has 1 amide bonds. The number of fused-ring (bicyclic) bond motifs is 1. The molecule has 3 aromatic rings. The number of hydrogen-bond acceptors (Lipinski definition) is 3. The molecule has 34 heavy (non-hydrogen) atoms. The van der Waals surface area contributed by atoms with E-state index in [1.165, 1.54) is 21.7 Å². The lowest BCUT2D eigenvalue weighted by Gasteiger charge is -2.41. The maximum Gasteiger partial charge on any atom is 0.416 e. The Morgan fingerprint density at radius 1 is 1.18 bits per heavy atom. The Hall–Kier alpha value is -3.14. The number of carboxylic acid groups (broad SMARTS) is 1. The minimum Gasteiger partial charge on any atom is -0.465 e. The number of ether oxygens (including phenoxy) is 1. The molecule has 0 bridgehead atoms. The third-order valence-electron chi connectivity index (χ3n) is 6.47. The SMILES string of the molecule is Cn1cc2cc(C(F)(F)F)cc(CCOCC3(c4ccc(F)cc4)CCN(C(=O)O)CC3)c2n1. The molecule has 1 saturated heterocycles. The van der Waals surface area contributed by atoms with Crippen LogP contribution >= 0.6 is 0 Å². The molecule has 1 aliphatic rings. The number of carbonyl (C=O) groups is 1. The first-order chi connectivity index (χ1) is 16.1. The van der Waals surface area contributed by atoms with E-state index in [1.807, 2.05) is 0 Å². The van der Waals surface area contributed by atoms with Crippen molar-refractivity contribution >= 4 is 17.0 Å². The van der Waals surface area contributed by atoms with E-state index in [-0.39, 0.29) is 25.5 Å². The number of piperidine rings is 1. The molecular weight excluding hydrogens is 454 g/mol. The van der Waals surface area contributed by atoms with E-state index in [1.54, 1.807) is 25.4 Å². The van der Waals surface area contributed by atoms with Gasteiger partial charge in [0, 0.05) is 37.1 Å². The van der Waals surface area contributed by atoms with Crippen molar-refractivity contribution in [2.45, 2.75) is 30.9 Å². The Morgan fingerprint density at radius 3 is 2.47 bits per heavy atom. The molecule has 4 rings (SSSR count). The van der Waals surface area contributed by atoms with E-state index >= 15 is 0 Å². The van der Waals surface area contributed by atoms with Gasteiger partial charge in [-0.3, -0.25) is 4.68 Å². The quantitative estimate of drug-likeness (QED) is 0.399. The summed E-state index contributed by atoms with van der Waals surface area (Å²) < 4.78 is 61.0. The molecule has 0 radical (unpaired) electrons. The molecule has 2 heterocycles. The van der Waals surface area contributed by atoms with Crippen LogP contribution in [0.25, 0.3) is 10.9 Å². The number of rotatable bonds is 6. The molecule has 1 N–H and O–H groups in total. The van der Waals surface area contributed by atoms with E-state index < -0.39 is 23.2 Å². The molecule has 0 spiro atoms. The monoisotopic (exact) mass is 479 g/mol. The van der Waals surface area contributed by atoms with Crippen molar-refractivity contribution in [1.29, 1.82) is 0 Å². The third-order valence-corrected chi connectivity index (χ3v) is 6.47. The topological polar surface area (TPSA) is 67.6 Å². The summed E-state index contributed by atoms with van der Waals surface area (Å²) in [5, 5.41) is 14.0. The number of benzene rings is 2. The highest BCUT2D eigenvalue weighted by Gasteiger charge is 2.38. The molecule has 1 fully saturated rings. The van der Waals surface area contributed by atoms with Crippen molar-refractivity contribution in [3.05, 3.63) is 65.1 Å². The Labute approximate surface area is 193 Å². The van der Waals surface area contributed by atoms with E-state index in [9.17, 15) is 27.5 Å². The second-order valence-corrected chi connectivity index (χ2v) is 8.73. The van der Waals surface area contributed by atoms with Gasteiger partial charge in [-0.1, -0.05) is 12.1 Å². The van der Waals surface area contributed by atoms with Crippen LogP contribution < -0.4 is 0 Å². The maximum atomic E-state index is 13.5. The van der Waals surface area contributed by atoms with Gasteiger partial charge in [0.2, 0.25) is 0 Å². The summed E-state index contributed by atoms with van der Waals surface area (Å²) in [6.45, 7) is 1.05. The Kier molecular flexibility index (Phi) is 6.53. The zero-order chi connectivity index (χ0) is 24.5. The molecule has 0 aliphatic carbocycles. The average Bonchev–Trinajstić information content (AvgIpc) is 3.17. The number of likely N-dealkylation sites (tertiary alicyclic amines) is 1. The number of alkyl halides is 3. The lowest BCUT2D eigenvalue weighted by atomic mass is 9.73. The van der Waals surface area contributed by atoms with Crippen LogP contribution in [-0.4, -0.2) is 52.2 Å².